The van der Waals surface area contributed by atoms with Gasteiger partial charge in [0.1, 0.15) is 5.82 Å². The molecule has 0 amide bonds. The van der Waals surface area contributed by atoms with E-state index in [1.165, 1.54) is 0 Å². The predicted octanol–water partition coefficient (Wildman–Crippen LogP) is 5.50. The van der Waals surface area contributed by atoms with Gasteiger partial charge in [-0.1, -0.05) is 0 Å². The second-order valence-electron chi connectivity index (χ2n) is 8.23. The summed E-state index contributed by atoms with van der Waals surface area (Å²) in [5.41, 5.74) is 7.41. The van der Waals surface area contributed by atoms with Gasteiger partial charge in [-0.25, -0.2) is 8.91 Å². The van der Waals surface area contributed by atoms with Crippen LogP contribution < -0.4 is 5.32 Å². The van der Waals surface area contributed by atoms with Gasteiger partial charge < -0.3 is 5.32 Å². The number of aromatic nitrogens is 2. The van der Waals surface area contributed by atoms with Gasteiger partial charge in [0.25, 0.3) is 0 Å². The van der Waals surface area contributed by atoms with E-state index in [9.17, 15) is 0 Å². The Labute approximate surface area is 177 Å². The van der Waals surface area contributed by atoms with E-state index in [0.717, 1.165) is 65.1 Å². The molecule has 3 heterocycles. The monoisotopic (exact) mass is 404 g/mol. The summed E-state index contributed by atoms with van der Waals surface area (Å²) in [5, 5.41) is 8.09. The molecule has 0 unspecified atom stereocenters. The maximum atomic E-state index is 15.2. The van der Waals surface area contributed by atoms with Crippen molar-refractivity contribution in [2.45, 2.75) is 40.5 Å². The predicted molar refractivity (Wildman–Crippen MR) is 123 cm³/mol. The number of hydrogen-bond acceptors (Lipinski definition) is 3. The molecule has 0 atom stereocenters. The summed E-state index contributed by atoms with van der Waals surface area (Å²) in [5.74, 6) is 0.135. The SMILES string of the molecule is CC=N/C(=C\c1c(C)cc(-c2cc(C)c3cc(C)cn3n2)cc1F)C1CCNCC1. The number of halogens is 1. The fourth-order valence-corrected chi connectivity index (χ4v) is 4.28. The van der Waals surface area contributed by atoms with Crippen molar-refractivity contribution >= 4 is 17.8 Å². The Morgan fingerprint density at radius 1 is 1.13 bits per heavy atom. The largest absolute Gasteiger partial charge is 0.317 e. The number of benzene rings is 1. The lowest BCUT2D eigenvalue weighted by molar-refractivity contribution is 0.419. The number of piperidine rings is 1. The van der Waals surface area contributed by atoms with Crippen LogP contribution in [-0.4, -0.2) is 28.9 Å². The molecule has 3 aromatic rings. The maximum Gasteiger partial charge on any atom is 0.131 e. The number of aliphatic imine (C=N–C) groups is 1. The Balaban J connectivity index is 1.74. The Morgan fingerprint density at radius 3 is 2.60 bits per heavy atom. The summed E-state index contributed by atoms with van der Waals surface area (Å²) in [6.45, 7) is 9.95. The zero-order valence-corrected chi connectivity index (χ0v) is 18.2. The Morgan fingerprint density at radius 2 is 1.90 bits per heavy atom. The highest BCUT2D eigenvalue weighted by Gasteiger charge is 2.19. The molecule has 0 aliphatic carbocycles. The van der Waals surface area contributed by atoms with Crippen LogP contribution in [0.5, 0.6) is 0 Å². The van der Waals surface area contributed by atoms with E-state index in [-0.39, 0.29) is 5.82 Å². The van der Waals surface area contributed by atoms with Crippen molar-refractivity contribution in [2.24, 2.45) is 10.9 Å². The van der Waals surface area contributed by atoms with Gasteiger partial charge in [0.05, 0.1) is 11.2 Å². The molecule has 1 saturated heterocycles. The first-order valence-corrected chi connectivity index (χ1v) is 10.6. The molecule has 0 bridgehead atoms. The number of fused-ring (bicyclic) bond motifs is 1. The van der Waals surface area contributed by atoms with Gasteiger partial charge in [0.2, 0.25) is 0 Å². The standard InChI is InChI=1S/C25H29FN4/c1-5-28-23(19-6-8-27-9-7-19)14-21-17(3)11-20(13-22(21)26)24-12-18(4)25-10-16(2)15-30(25)29-24/h5,10-15,19,27H,6-9H2,1-4H3/b23-14-,28-5?. The van der Waals surface area contributed by atoms with E-state index in [4.69, 9.17) is 5.10 Å². The topological polar surface area (TPSA) is 41.7 Å². The molecule has 0 spiro atoms. The van der Waals surface area contributed by atoms with Crippen LogP contribution in [0.25, 0.3) is 22.9 Å². The average Bonchev–Trinajstić information content (AvgIpc) is 3.11. The molecule has 5 heteroatoms. The third kappa shape index (κ3) is 4.08. The van der Waals surface area contributed by atoms with Crippen LogP contribution in [-0.2, 0) is 0 Å². The summed E-state index contributed by atoms with van der Waals surface area (Å²) >= 11 is 0. The molecule has 0 saturated carbocycles. The molecule has 156 valence electrons. The van der Waals surface area contributed by atoms with Crippen molar-refractivity contribution in [1.82, 2.24) is 14.9 Å². The summed E-state index contributed by atoms with van der Waals surface area (Å²) in [6.07, 6.45) is 7.79. The lowest BCUT2D eigenvalue weighted by atomic mass is 9.92. The fourth-order valence-electron chi connectivity index (χ4n) is 4.28. The average molecular weight is 405 g/mol. The molecular weight excluding hydrogens is 375 g/mol. The Bertz CT molecular complexity index is 1110. The quantitative estimate of drug-likeness (QED) is 0.584. The van der Waals surface area contributed by atoms with Crippen molar-refractivity contribution in [3.63, 3.8) is 0 Å². The summed E-state index contributed by atoms with van der Waals surface area (Å²) < 4.78 is 17.1. The van der Waals surface area contributed by atoms with Crippen LogP contribution in [0, 0.1) is 32.5 Å². The van der Waals surface area contributed by atoms with Crippen LogP contribution in [0.1, 0.15) is 42.0 Å². The van der Waals surface area contributed by atoms with E-state index >= 15 is 4.39 Å². The van der Waals surface area contributed by atoms with Crippen molar-refractivity contribution in [2.75, 3.05) is 13.1 Å². The van der Waals surface area contributed by atoms with Gasteiger partial charge >= 0.3 is 0 Å². The number of allylic oxidation sites excluding steroid dienone is 1. The fraction of sp³-hybridized carbons (Fsp3) is 0.360. The Hall–Kier alpha value is -2.79. The first-order valence-electron chi connectivity index (χ1n) is 10.6. The van der Waals surface area contributed by atoms with Crippen LogP contribution in [0.15, 0.2) is 41.2 Å². The first-order chi connectivity index (χ1) is 14.5. The van der Waals surface area contributed by atoms with Gasteiger partial charge in [-0.3, -0.25) is 4.99 Å². The third-order valence-corrected chi connectivity index (χ3v) is 5.87. The molecule has 4 rings (SSSR count). The highest BCUT2D eigenvalue weighted by molar-refractivity contribution is 5.70. The van der Waals surface area contributed by atoms with E-state index < -0.39 is 0 Å². The lowest BCUT2D eigenvalue weighted by Gasteiger charge is -2.23. The van der Waals surface area contributed by atoms with Crippen LogP contribution in [0.4, 0.5) is 4.39 Å². The minimum atomic E-state index is -0.231. The smallest absolute Gasteiger partial charge is 0.131 e. The third-order valence-electron chi connectivity index (χ3n) is 5.87. The van der Waals surface area contributed by atoms with Crippen LogP contribution >= 0.6 is 0 Å². The minimum absolute atomic E-state index is 0.231. The van der Waals surface area contributed by atoms with E-state index in [1.807, 2.05) is 42.8 Å². The molecule has 1 aromatic carbocycles. The number of rotatable bonds is 4. The zero-order valence-electron chi connectivity index (χ0n) is 18.2. The van der Waals surface area contributed by atoms with Crippen molar-refractivity contribution in [1.29, 1.82) is 0 Å². The van der Waals surface area contributed by atoms with Gasteiger partial charge in [-0.05, 0) is 101 Å². The van der Waals surface area contributed by atoms with Crippen LogP contribution in [0.3, 0.4) is 0 Å². The van der Waals surface area contributed by atoms with E-state index in [1.54, 1.807) is 12.3 Å². The molecular formula is C25H29FN4. The number of hydrogen-bond donors (Lipinski definition) is 1. The second kappa shape index (κ2) is 8.52. The number of aryl methyl sites for hydroxylation is 3. The summed E-state index contributed by atoms with van der Waals surface area (Å²) in [6, 6.07) is 7.76. The molecule has 4 nitrogen and oxygen atoms in total. The van der Waals surface area contributed by atoms with Gasteiger partial charge in [-0.2, -0.15) is 5.10 Å². The molecule has 30 heavy (non-hydrogen) atoms. The van der Waals surface area contributed by atoms with E-state index in [0.29, 0.717) is 11.5 Å². The molecule has 1 N–H and O–H groups in total. The van der Waals surface area contributed by atoms with Crippen molar-refractivity contribution in [3.8, 4) is 11.3 Å². The first kappa shape index (κ1) is 20.5. The number of nitrogens with one attached hydrogen (secondary N) is 1. The summed E-state index contributed by atoms with van der Waals surface area (Å²) in [7, 11) is 0. The highest BCUT2D eigenvalue weighted by Crippen LogP contribution is 2.30. The highest BCUT2D eigenvalue weighted by atomic mass is 19.1. The molecule has 2 aromatic heterocycles. The molecule has 1 aliphatic heterocycles. The van der Waals surface area contributed by atoms with Gasteiger partial charge in [0.15, 0.2) is 0 Å². The molecule has 0 radical (unpaired) electrons. The van der Waals surface area contributed by atoms with Gasteiger partial charge in [-0.15, -0.1) is 0 Å². The zero-order chi connectivity index (χ0) is 21.3. The number of nitrogens with zero attached hydrogens (tertiary/aromatic N) is 3. The molecule has 1 aliphatic rings. The Kier molecular flexibility index (Phi) is 5.82. The van der Waals surface area contributed by atoms with E-state index in [2.05, 4.69) is 30.2 Å². The van der Waals surface area contributed by atoms with Crippen molar-refractivity contribution < 1.29 is 4.39 Å². The normalized spacial score (nSPS) is 16.1. The molecule has 1 fully saturated rings. The lowest BCUT2D eigenvalue weighted by Crippen LogP contribution is -2.28. The van der Waals surface area contributed by atoms with Gasteiger partial charge in [0, 0.05) is 35.2 Å². The van der Waals surface area contributed by atoms with Crippen LogP contribution in [0.2, 0.25) is 0 Å². The minimum Gasteiger partial charge on any atom is -0.317 e. The maximum absolute atomic E-state index is 15.2. The van der Waals surface area contributed by atoms with Crippen molar-refractivity contribution in [3.05, 3.63) is 64.2 Å². The summed E-state index contributed by atoms with van der Waals surface area (Å²) in [4.78, 5) is 4.58. The second-order valence-corrected chi connectivity index (χ2v) is 8.23.